The number of aromatic nitrogens is 1. The molecule has 1 atom stereocenters. The second-order valence-electron chi connectivity index (χ2n) is 4.09. The van der Waals surface area contributed by atoms with E-state index < -0.39 is 5.60 Å². The number of hydrogen-bond acceptors (Lipinski definition) is 5. The maximum absolute atomic E-state index is 11.7. The summed E-state index contributed by atoms with van der Waals surface area (Å²) < 4.78 is 0. The predicted molar refractivity (Wildman–Crippen MR) is 70.0 cm³/mol. The maximum atomic E-state index is 11.7. The van der Waals surface area contributed by atoms with E-state index in [4.69, 9.17) is 5.73 Å². The van der Waals surface area contributed by atoms with Gasteiger partial charge in [0.1, 0.15) is 5.69 Å². The Kier molecular flexibility index (Phi) is 4.77. The lowest BCUT2D eigenvalue weighted by molar-refractivity contribution is 0.0722. The van der Waals surface area contributed by atoms with Crippen molar-refractivity contribution in [3.05, 3.63) is 24.0 Å². The molecule has 0 aromatic carbocycles. The third kappa shape index (κ3) is 4.62. The van der Waals surface area contributed by atoms with Crippen molar-refractivity contribution in [3.8, 4) is 0 Å². The molecule has 94 valence electrons. The number of rotatable bonds is 5. The molecular formula is C11H17N3O2S. The zero-order valence-electron chi connectivity index (χ0n) is 9.93. The SMILES string of the molecule is CSCC(C)(O)CNC(=O)c1ccc(N)cn1. The molecule has 5 nitrogen and oxygen atoms in total. The number of nitrogen functional groups attached to an aromatic ring is 1. The van der Waals surface area contributed by atoms with Crippen molar-refractivity contribution in [2.75, 3.05) is 24.3 Å². The minimum absolute atomic E-state index is 0.193. The number of carbonyl (C=O) groups is 1. The molecule has 0 saturated heterocycles. The van der Waals surface area contributed by atoms with E-state index in [0.717, 1.165) is 0 Å². The molecule has 1 rings (SSSR count). The molecule has 17 heavy (non-hydrogen) atoms. The molecule has 0 fully saturated rings. The fraction of sp³-hybridized carbons (Fsp3) is 0.455. The summed E-state index contributed by atoms with van der Waals surface area (Å²) in [5, 5.41) is 12.5. The molecule has 0 aliphatic carbocycles. The van der Waals surface area contributed by atoms with Crippen LogP contribution in [0.5, 0.6) is 0 Å². The van der Waals surface area contributed by atoms with Gasteiger partial charge in [-0.05, 0) is 25.3 Å². The van der Waals surface area contributed by atoms with E-state index in [-0.39, 0.29) is 12.5 Å². The number of thioether (sulfide) groups is 1. The molecule has 1 amide bonds. The molecule has 0 aliphatic heterocycles. The number of nitrogens with two attached hydrogens (primary N) is 1. The largest absolute Gasteiger partial charge is 0.397 e. The molecule has 0 saturated carbocycles. The van der Waals surface area contributed by atoms with Gasteiger partial charge in [-0.3, -0.25) is 4.79 Å². The lowest BCUT2D eigenvalue weighted by Gasteiger charge is -2.22. The van der Waals surface area contributed by atoms with Gasteiger partial charge in [0, 0.05) is 12.3 Å². The minimum atomic E-state index is -0.914. The highest BCUT2D eigenvalue weighted by atomic mass is 32.2. The highest BCUT2D eigenvalue weighted by Gasteiger charge is 2.20. The molecule has 0 radical (unpaired) electrons. The summed E-state index contributed by atoms with van der Waals surface area (Å²) in [6, 6.07) is 3.16. The van der Waals surface area contributed by atoms with Crippen molar-refractivity contribution >= 4 is 23.4 Å². The first-order valence-corrected chi connectivity index (χ1v) is 6.55. The van der Waals surface area contributed by atoms with Gasteiger partial charge in [0.05, 0.1) is 17.5 Å². The van der Waals surface area contributed by atoms with Crippen LogP contribution < -0.4 is 11.1 Å². The molecule has 0 aliphatic rings. The van der Waals surface area contributed by atoms with Gasteiger partial charge in [0.25, 0.3) is 5.91 Å². The summed E-state index contributed by atoms with van der Waals surface area (Å²) in [7, 11) is 0. The van der Waals surface area contributed by atoms with Crippen LogP contribution in [0, 0.1) is 0 Å². The van der Waals surface area contributed by atoms with Crippen molar-refractivity contribution in [1.29, 1.82) is 0 Å². The fourth-order valence-corrected chi connectivity index (χ4v) is 1.99. The van der Waals surface area contributed by atoms with Crippen molar-refractivity contribution < 1.29 is 9.90 Å². The number of anilines is 1. The Morgan fingerprint density at radius 2 is 2.35 bits per heavy atom. The Labute approximate surface area is 105 Å². The van der Waals surface area contributed by atoms with Crippen LogP contribution in [0.2, 0.25) is 0 Å². The number of hydrogen-bond donors (Lipinski definition) is 3. The summed E-state index contributed by atoms with van der Waals surface area (Å²) in [6.07, 6.45) is 3.33. The number of amides is 1. The van der Waals surface area contributed by atoms with Crippen molar-refractivity contribution in [3.63, 3.8) is 0 Å². The van der Waals surface area contributed by atoms with Gasteiger partial charge in [0.15, 0.2) is 0 Å². The second-order valence-corrected chi connectivity index (χ2v) is 4.96. The van der Waals surface area contributed by atoms with Crippen LogP contribution in [-0.4, -0.2) is 40.2 Å². The highest BCUT2D eigenvalue weighted by Crippen LogP contribution is 2.09. The zero-order chi connectivity index (χ0) is 12.9. The van der Waals surface area contributed by atoms with Crippen LogP contribution in [0.3, 0.4) is 0 Å². The van der Waals surface area contributed by atoms with E-state index in [1.54, 1.807) is 19.1 Å². The van der Waals surface area contributed by atoms with Crippen LogP contribution in [0.4, 0.5) is 5.69 Å². The van der Waals surface area contributed by atoms with Gasteiger partial charge in [0.2, 0.25) is 0 Å². The topological polar surface area (TPSA) is 88.2 Å². The van der Waals surface area contributed by atoms with E-state index in [0.29, 0.717) is 17.1 Å². The molecule has 6 heteroatoms. The lowest BCUT2D eigenvalue weighted by Crippen LogP contribution is -2.42. The van der Waals surface area contributed by atoms with Gasteiger partial charge in [-0.15, -0.1) is 0 Å². The van der Waals surface area contributed by atoms with E-state index in [9.17, 15) is 9.90 Å². The van der Waals surface area contributed by atoms with E-state index in [2.05, 4.69) is 10.3 Å². The summed E-state index contributed by atoms with van der Waals surface area (Å²) in [4.78, 5) is 15.6. The summed E-state index contributed by atoms with van der Waals surface area (Å²) in [5.41, 5.74) is 5.36. The average molecular weight is 255 g/mol. The van der Waals surface area contributed by atoms with Gasteiger partial charge in [-0.25, -0.2) is 4.98 Å². The molecule has 1 aromatic rings. The third-order valence-electron chi connectivity index (χ3n) is 2.10. The maximum Gasteiger partial charge on any atom is 0.269 e. The van der Waals surface area contributed by atoms with Crippen LogP contribution in [0.1, 0.15) is 17.4 Å². The molecule has 0 bridgehead atoms. The molecular weight excluding hydrogens is 238 g/mol. The standard InChI is InChI=1S/C11H17N3O2S/c1-11(16,7-17-2)6-14-10(15)9-4-3-8(12)5-13-9/h3-5,16H,6-7,12H2,1-2H3,(H,14,15). The number of aliphatic hydroxyl groups is 1. The van der Waals surface area contributed by atoms with E-state index in [1.807, 2.05) is 6.26 Å². The Bertz CT molecular complexity index is 379. The van der Waals surface area contributed by atoms with E-state index in [1.165, 1.54) is 18.0 Å². The Hall–Kier alpha value is -1.27. The Morgan fingerprint density at radius 1 is 1.65 bits per heavy atom. The minimum Gasteiger partial charge on any atom is -0.397 e. The van der Waals surface area contributed by atoms with E-state index >= 15 is 0 Å². The first-order chi connectivity index (χ1) is 7.94. The normalized spacial score (nSPS) is 14.1. The average Bonchev–Trinajstić information content (AvgIpc) is 2.27. The van der Waals surface area contributed by atoms with Crippen molar-refractivity contribution in [2.24, 2.45) is 0 Å². The summed E-state index contributed by atoms with van der Waals surface area (Å²) in [6.45, 7) is 1.87. The highest BCUT2D eigenvalue weighted by molar-refractivity contribution is 7.98. The van der Waals surface area contributed by atoms with Crippen LogP contribution in [0.25, 0.3) is 0 Å². The molecule has 1 heterocycles. The molecule has 4 N–H and O–H groups in total. The Balaban J connectivity index is 2.53. The number of carbonyl (C=O) groups excluding carboxylic acids is 1. The smallest absolute Gasteiger partial charge is 0.269 e. The fourth-order valence-electron chi connectivity index (χ4n) is 1.26. The number of pyridine rings is 1. The number of nitrogens with zero attached hydrogens (tertiary/aromatic N) is 1. The van der Waals surface area contributed by atoms with Crippen molar-refractivity contribution in [1.82, 2.24) is 10.3 Å². The van der Waals surface area contributed by atoms with Gasteiger partial charge in [-0.2, -0.15) is 11.8 Å². The Morgan fingerprint density at radius 3 is 2.88 bits per heavy atom. The van der Waals surface area contributed by atoms with Crippen molar-refractivity contribution in [2.45, 2.75) is 12.5 Å². The van der Waals surface area contributed by atoms with Gasteiger partial charge in [-0.1, -0.05) is 0 Å². The van der Waals surface area contributed by atoms with Gasteiger partial charge >= 0.3 is 0 Å². The van der Waals surface area contributed by atoms with Crippen LogP contribution in [0.15, 0.2) is 18.3 Å². The molecule has 1 aromatic heterocycles. The second kappa shape index (κ2) is 5.88. The quantitative estimate of drug-likeness (QED) is 0.713. The number of nitrogens with one attached hydrogen (secondary N) is 1. The molecule has 0 spiro atoms. The predicted octanol–water partition coefficient (Wildman–Crippen LogP) is 0.508. The lowest BCUT2D eigenvalue weighted by atomic mass is 10.1. The molecule has 1 unspecified atom stereocenters. The first-order valence-electron chi connectivity index (χ1n) is 5.16. The summed E-state index contributed by atoms with van der Waals surface area (Å²) >= 11 is 1.52. The van der Waals surface area contributed by atoms with Crippen LogP contribution >= 0.6 is 11.8 Å². The summed E-state index contributed by atoms with van der Waals surface area (Å²) in [5.74, 6) is 0.244. The van der Waals surface area contributed by atoms with Crippen LogP contribution in [-0.2, 0) is 0 Å². The third-order valence-corrected chi connectivity index (χ3v) is 3.01. The monoisotopic (exact) mass is 255 g/mol. The van der Waals surface area contributed by atoms with Gasteiger partial charge < -0.3 is 16.2 Å². The first kappa shape index (κ1) is 13.8. The zero-order valence-corrected chi connectivity index (χ0v) is 10.8.